The van der Waals surface area contributed by atoms with Crippen molar-refractivity contribution in [1.82, 2.24) is 4.90 Å². The highest BCUT2D eigenvalue weighted by Crippen LogP contribution is 2.43. The molecule has 0 saturated heterocycles. The van der Waals surface area contributed by atoms with Gasteiger partial charge in [0.2, 0.25) is 0 Å². The maximum absolute atomic E-state index is 11.7. The van der Waals surface area contributed by atoms with Crippen LogP contribution in [0.1, 0.15) is 48.3 Å². The second-order valence-corrected chi connectivity index (χ2v) is 7.41. The molecular weight excluding hydrogens is 326 g/mol. The lowest BCUT2D eigenvalue weighted by atomic mass is 9.94. The van der Waals surface area contributed by atoms with Crippen molar-refractivity contribution in [2.45, 2.75) is 50.7 Å². The van der Waals surface area contributed by atoms with E-state index < -0.39 is 6.09 Å². The van der Waals surface area contributed by atoms with Crippen molar-refractivity contribution < 1.29 is 14.6 Å². The normalized spacial score (nSPS) is 19.2. The minimum absolute atomic E-state index is 0.104. The molecule has 1 aliphatic carbocycles. The number of benzene rings is 2. The molecule has 2 aromatic carbocycles. The van der Waals surface area contributed by atoms with E-state index in [1.807, 2.05) is 30.3 Å². The summed E-state index contributed by atoms with van der Waals surface area (Å²) < 4.78 is 6.26. The summed E-state index contributed by atoms with van der Waals surface area (Å²) in [4.78, 5) is 13.2. The Labute approximate surface area is 154 Å². The van der Waals surface area contributed by atoms with Gasteiger partial charge in [-0.1, -0.05) is 61.4 Å². The zero-order valence-electron chi connectivity index (χ0n) is 14.9. The van der Waals surface area contributed by atoms with Gasteiger partial charge in [-0.15, -0.1) is 0 Å². The van der Waals surface area contributed by atoms with Crippen molar-refractivity contribution in [3.63, 3.8) is 0 Å². The van der Waals surface area contributed by atoms with Crippen LogP contribution >= 0.6 is 0 Å². The Hall–Kier alpha value is -2.49. The summed E-state index contributed by atoms with van der Waals surface area (Å²) in [6.07, 6.45) is 4.84. The molecule has 0 aromatic heterocycles. The molecule has 0 bridgehead atoms. The molecule has 1 saturated carbocycles. The van der Waals surface area contributed by atoms with Gasteiger partial charge in [0.1, 0.15) is 11.9 Å². The van der Waals surface area contributed by atoms with Crippen LogP contribution in [0.25, 0.3) is 0 Å². The number of para-hydroxylation sites is 1. The Kier molecular flexibility index (Phi) is 4.83. The number of ether oxygens (including phenoxy) is 1. The number of nitrogens with zero attached hydrogens (tertiary/aromatic N) is 1. The van der Waals surface area contributed by atoms with Crippen molar-refractivity contribution >= 4 is 6.09 Å². The molecule has 1 aliphatic heterocycles. The third-order valence-electron chi connectivity index (χ3n) is 5.56. The molecule has 1 atom stereocenters. The predicted molar refractivity (Wildman–Crippen MR) is 101 cm³/mol. The second-order valence-electron chi connectivity index (χ2n) is 7.41. The molecule has 1 heterocycles. The molecule has 1 N–H and O–H groups in total. The van der Waals surface area contributed by atoms with E-state index in [0.717, 1.165) is 17.7 Å². The Morgan fingerprint density at radius 3 is 2.58 bits per heavy atom. The maximum Gasteiger partial charge on any atom is 0.407 e. The first kappa shape index (κ1) is 17.0. The monoisotopic (exact) mass is 351 g/mol. The Morgan fingerprint density at radius 1 is 1.08 bits per heavy atom. The minimum atomic E-state index is -0.899. The van der Waals surface area contributed by atoms with Crippen molar-refractivity contribution in [3.05, 3.63) is 65.2 Å². The van der Waals surface area contributed by atoms with Gasteiger partial charge in [0.05, 0.1) is 6.54 Å². The largest absolute Gasteiger partial charge is 0.488 e. The number of fused-ring (bicyclic) bond motifs is 1. The summed E-state index contributed by atoms with van der Waals surface area (Å²) in [7, 11) is 0. The number of hydrogen-bond acceptors (Lipinski definition) is 2. The molecule has 136 valence electrons. The average molecular weight is 351 g/mol. The van der Waals surface area contributed by atoms with E-state index >= 15 is 0 Å². The SMILES string of the molecule is O=C(O)N(Cc1ccccc1)CC1Cc2cccc(C3CCCC3)c2O1. The first-order valence-electron chi connectivity index (χ1n) is 9.51. The standard InChI is InChI=1S/C22H25NO3/c24-22(25)23(14-16-7-2-1-3-8-16)15-19-13-18-11-6-12-20(21(18)26-19)17-9-4-5-10-17/h1-3,6-8,11-12,17,19H,4-5,9-10,13-15H2,(H,24,25). The maximum atomic E-state index is 11.7. The first-order valence-corrected chi connectivity index (χ1v) is 9.51. The molecule has 4 nitrogen and oxygen atoms in total. The van der Waals surface area contributed by atoms with Gasteiger partial charge in [0, 0.05) is 13.0 Å². The average Bonchev–Trinajstić information content (AvgIpc) is 3.31. The van der Waals surface area contributed by atoms with Crippen LogP contribution in [0.5, 0.6) is 5.75 Å². The van der Waals surface area contributed by atoms with Crippen molar-refractivity contribution in [3.8, 4) is 5.75 Å². The molecule has 2 aliphatic rings. The molecule has 0 spiro atoms. The van der Waals surface area contributed by atoms with E-state index in [2.05, 4.69) is 18.2 Å². The quantitative estimate of drug-likeness (QED) is 0.839. The van der Waals surface area contributed by atoms with Gasteiger partial charge in [-0.05, 0) is 35.4 Å². The fraction of sp³-hybridized carbons (Fsp3) is 0.409. The zero-order valence-corrected chi connectivity index (χ0v) is 14.9. The second kappa shape index (κ2) is 7.40. The van der Waals surface area contributed by atoms with Crippen LogP contribution in [0.2, 0.25) is 0 Å². The third-order valence-corrected chi connectivity index (χ3v) is 5.56. The summed E-state index contributed by atoms with van der Waals surface area (Å²) in [5.41, 5.74) is 3.55. The fourth-order valence-electron chi connectivity index (χ4n) is 4.28. The number of hydrogen-bond donors (Lipinski definition) is 1. The van der Waals surface area contributed by atoms with E-state index in [9.17, 15) is 9.90 Å². The van der Waals surface area contributed by atoms with Crippen LogP contribution in [0, 0.1) is 0 Å². The van der Waals surface area contributed by atoms with E-state index in [4.69, 9.17) is 4.74 Å². The molecule has 4 heteroatoms. The Morgan fingerprint density at radius 2 is 1.85 bits per heavy atom. The van der Waals surface area contributed by atoms with Crippen molar-refractivity contribution in [1.29, 1.82) is 0 Å². The number of carboxylic acid groups (broad SMARTS) is 1. The number of rotatable bonds is 5. The summed E-state index contributed by atoms with van der Waals surface area (Å²) in [5.74, 6) is 1.62. The van der Waals surface area contributed by atoms with Crippen LogP contribution in [0.3, 0.4) is 0 Å². The smallest absolute Gasteiger partial charge is 0.407 e. The van der Waals surface area contributed by atoms with Crippen LogP contribution < -0.4 is 4.74 Å². The highest BCUT2D eigenvalue weighted by Gasteiger charge is 2.31. The van der Waals surface area contributed by atoms with Crippen molar-refractivity contribution in [2.75, 3.05) is 6.54 Å². The highest BCUT2D eigenvalue weighted by molar-refractivity contribution is 5.65. The van der Waals surface area contributed by atoms with E-state index in [0.29, 0.717) is 19.0 Å². The van der Waals surface area contributed by atoms with Gasteiger partial charge in [-0.25, -0.2) is 4.79 Å². The van der Waals surface area contributed by atoms with Gasteiger partial charge >= 0.3 is 6.09 Å². The highest BCUT2D eigenvalue weighted by atomic mass is 16.5. The summed E-state index contributed by atoms with van der Waals surface area (Å²) >= 11 is 0. The van der Waals surface area contributed by atoms with Crippen LogP contribution in [-0.4, -0.2) is 28.7 Å². The van der Waals surface area contributed by atoms with Gasteiger partial charge < -0.3 is 14.7 Å². The fourth-order valence-corrected chi connectivity index (χ4v) is 4.28. The number of amides is 1. The minimum Gasteiger partial charge on any atom is -0.488 e. The van der Waals surface area contributed by atoms with Gasteiger partial charge in [0.25, 0.3) is 0 Å². The van der Waals surface area contributed by atoms with Gasteiger partial charge in [-0.3, -0.25) is 0 Å². The summed E-state index contributed by atoms with van der Waals surface area (Å²) in [6.45, 7) is 0.783. The van der Waals surface area contributed by atoms with E-state index in [1.165, 1.54) is 41.7 Å². The lowest BCUT2D eigenvalue weighted by Crippen LogP contribution is -2.38. The first-order chi connectivity index (χ1) is 12.7. The van der Waals surface area contributed by atoms with Crippen LogP contribution in [0.4, 0.5) is 4.79 Å². The molecular formula is C22H25NO3. The molecule has 1 unspecified atom stereocenters. The molecule has 1 amide bonds. The van der Waals surface area contributed by atoms with Crippen LogP contribution in [0.15, 0.2) is 48.5 Å². The summed E-state index contributed by atoms with van der Waals surface area (Å²) in [6, 6.07) is 16.2. The third kappa shape index (κ3) is 3.55. The van der Waals surface area contributed by atoms with Crippen molar-refractivity contribution in [2.24, 2.45) is 0 Å². The lowest BCUT2D eigenvalue weighted by Gasteiger charge is -2.23. The summed E-state index contributed by atoms with van der Waals surface area (Å²) in [5, 5.41) is 9.61. The van der Waals surface area contributed by atoms with E-state index in [1.54, 1.807) is 0 Å². The van der Waals surface area contributed by atoms with Gasteiger partial charge in [-0.2, -0.15) is 0 Å². The van der Waals surface area contributed by atoms with Gasteiger partial charge in [0.15, 0.2) is 0 Å². The predicted octanol–water partition coefficient (Wildman–Crippen LogP) is 4.83. The molecule has 4 rings (SSSR count). The zero-order chi connectivity index (χ0) is 17.9. The Balaban J connectivity index is 1.47. The Bertz CT molecular complexity index is 768. The molecule has 1 fully saturated rings. The van der Waals surface area contributed by atoms with E-state index in [-0.39, 0.29) is 6.10 Å². The molecule has 26 heavy (non-hydrogen) atoms. The molecule has 0 radical (unpaired) electrons. The number of carbonyl (C=O) groups is 1. The van der Waals surface area contributed by atoms with Crippen LogP contribution in [-0.2, 0) is 13.0 Å². The molecule has 2 aromatic rings. The topological polar surface area (TPSA) is 49.8 Å². The lowest BCUT2D eigenvalue weighted by molar-refractivity contribution is 0.112.